The van der Waals surface area contributed by atoms with E-state index in [1.54, 1.807) is 18.2 Å². The molecule has 1 atom stereocenters. The molecular weight excluding hydrogens is 315 g/mol. The van der Waals surface area contributed by atoms with Crippen molar-refractivity contribution in [3.05, 3.63) is 29.3 Å². The fraction of sp³-hybridized carbons (Fsp3) is 0.571. The van der Waals surface area contributed by atoms with E-state index in [1.807, 2.05) is 6.92 Å². The summed E-state index contributed by atoms with van der Waals surface area (Å²) in [6.07, 6.45) is 2.38. The predicted octanol–water partition coefficient (Wildman–Crippen LogP) is 2.17. The first kappa shape index (κ1) is 18.4. The van der Waals surface area contributed by atoms with Crippen LogP contribution >= 0.6 is 12.4 Å². The summed E-state index contributed by atoms with van der Waals surface area (Å²) in [6, 6.07) is 4.93. The highest BCUT2D eigenvalue weighted by Gasteiger charge is 2.20. The molecule has 0 bridgehead atoms. The minimum absolute atomic E-state index is 0. The molecule has 1 unspecified atom stereocenters. The van der Waals surface area contributed by atoms with Crippen molar-refractivity contribution in [1.29, 1.82) is 0 Å². The average Bonchev–Trinajstić information content (AvgIpc) is 2.46. The lowest BCUT2D eigenvalue weighted by molar-refractivity contribution is 0.358. The molecule has 0 fully saturated rings. The molecule has 1 aliphatic heterocycles. The van der Waals surface area contributed by atoms with Gasteiger partial charge in [-0.1, -0.05) is 19.4 Å². The SMILES string of the molecule is CCCCNS(=O)(=O)c1ccc2c(c1)CNC(CF)C2.Cl. The number of alkyl halides is 1. The number of hydrogen-bond acceptors (Lipinski definition) is 3. The average molecular weight is 337 g/mol. The van der Waals surface area contributed by atoms with Crippen LogP contribution in [0.3, 0.4) is 0 Å². The first-order valence-corrected chi connectivity index (χ1v) is 8.46. The van der Waals surface area contributed by atoms with Crippen LogP contribution in [0.15, 0.2) is 23.1 Å². The van der Waals surface area contributed by atoms with Crippen LogP contribution in [0, 0.1) is 0 Å². The van der Waals surface area contributed by atoms with Gasteiger partial charge in [0.15, 0.2) is 0 Å². The van der Waals surface area contributed by atoms with E-state index in [0.29, 0.717) is 19.5 Å². The van der Waals surface area contributed by atoms with Crippen molar-refractivity contribution in [2.75, 3.05) is 13.2 Å². The van der Waals surface area contributed by atoms with Crippen LogP contribution in [-0.4, -0.2) is 27.7 Å². The zero-order valence-electron chi connectivity index (χ0n) is 12.1. The van der Waals surface area contributed by atoms with Crippen molar-refractivity contribution >= 4 is 22.4 Å². The van der Waals surface area contributed by atoms with Crippen molar-refractivity contribution in [2.45, 2.75) is 43.7 Å². The maximum atomic E-state index is 12.6. The molecule has 7 heteroatoms. The molecular formula is C14H22ClFN2O2S. The second-order valence-corrected chi connectivity index (χ2v) is 6.89. The zero-order chi connectivity index (χ0) is 14.6. The van der Waals surface area contributed by atoms with Crippen LogP contribution in [0.25, 0.3) is 0 Å². The summed E-state index contributed by atoms with van der Waals surface area (Å²) in [4.78, 5) is 0.285. The van der Waals surface area contributed by atoms with Crippen LogP contribution in [-0.2, 0) is 23.0 Å². The summed E-state index contributed by atoms with van der Waals surface area (Å²) in [5.41, 5.74) is 1.96. The molecule has 2 N–H and O–H groups in total. The van der Waals surface area contributed by atoms with Gasteiger partial charge in [0.2, 0.25) is 10.0 Å². The summed E-state index contributed by atoms with van der Waals surface area (Å²) in [7, 11) is -3.44. The van der Waals surface area contributed by atoms with Gasteiger partial charge in [0.25, 0.3) is 0 Å². The van der Waals surface area contributed by atoms with Gasteiger partial charge in [-0.15, -0.1) is 12.4 Å². The largest absolute Gasteiger partial charge is 0.307 e. The highest BCUT2D eigenvalue weighted by Crippen LogP contribution is 2.21. The van der Waals surface area contributed by atoms with Gasteiger partial charge in [-0.25, -0.2) is 17.5 Å². The van der Waals surface area contributed by atoms with Gasteiger partial charge in [0.1, 0.15) is 6.67 Å². The van der Waals surface area contributed by atoms with Gasteiger partial charge in [-0.05, 0) is 36.1 Å². The normalized spacial score (nSPS) is 17.9. The molecule has 0 amide bonds. The second-order valence-electron chi connectivity index (χ2n) is 5.12. The van der Waals surface area contributed by atoms with Crippen molar-refractivity contribution in [3.8, 4) is 0 Å². The summed E-state index contributed by atoms with van der Waals surface area (Å²) < 4.78 is 39.5. The number of unbranched alkanes of at least 4 members (excludes halogenated alkanes) is 1. The maximum absolute atomic E-state index is 12.6. The Bertz CT molecular complexity index is 566. The van der Waals surface area contributed by atoms with E-state index in [0.717, 1.165) is 24.0 Å². The molecule has 1 aliphatic rings. The van der Waals surface area contributed by atoms with Crippen molar-refractivity contribution in [3.63, 3.8) is 0 Å². The topological polar surface area (TPSA) is 58.2 Å². The number of halogens is 2. The van der Waals surface area contributed by atoms with E-state index in [4.69, 9.17) is 0 Å². The highest BCUT2D eigenvalue weighted by molar-refractivity contribution is 7.89. The Kier molecular flexibility index (Phi) is 7.06. The Balaban J connectivity index is 0.00000220. The molecule has 1 heterocycles. The van der Waals surface area contributed by atoms with E-state index in [9.17, 15) is 12.8 Å². The zero-order valence-corrected chi connectivity index (χ0v) is 13.7. The standard InChI is InChI=1S/C14H21FN2O2S.ClH/c1-2-3-6-17-20(18,19)14-5-4-11-7-13(9-15)16-10-12(11)8-14;/h4-5,8,13,16-17H,2-3,6-7,9-10H2,1H3;1H. The number of rotatable bonds is 6. The van der Waals surface area contributed by atoms with Crippen LogP contribution in [0.5, 0.6) is 0 Å². The van der Waals surface area contributed by atoms with Crippen LogP contribution in [0.2, 0.25) is 0 Å². The predicted molar refractivity (Wildman–Crippen MR) is 84.1 cm³/mol. The maximum Gasteiger partial charge on any atom is 0.240 e. The molecule has 4 nitrogen and oxygen atoms in total. The molecule has 2 rings (SSSR count). The van der Waals surface area contributed by atoms with Gasteiger partial charge in [-0.2, -0.15) is 0 Å². The lowest BCUT2D eigenvalue weighted by Crippen LogP contribution is -2.37. The minimum Gasteiger partial charge on any atom is -0.307 e. The van der Waals surface area contributed by atoms with E-state index >= 15 is 0 Å². The second kappa shape index (κ2) is 8.08. The quantitative estimate of drug-likeness (QED) is 0.783. The smallest absolute Gasteiger partial charge is 0.240 e. The molecule has 1 aromatic carbocycles. The number of benzene rings is 1. The first-order chi connectivity index (χ1) is 9.56. The monoisotopic (exact) mass is 336 g/mol. The van der Waals surface area contributed by atoms with E-state index in [2.05, 4.69) is 10.0 Å². The van der Waals surface area contributed by atoms with E-state index < -0.39 is 16.7 Å². The molecule has 0 aromatic heterocycles. The first-order valence-electron chi connectivity index (χ1n) is 6.97. The van der Waals surface area contributed by atoms with Crippen LogP contribution < -0.4 is 10.0 Å². The number of hydrogen-bond donors (Lipinski definition) is 2. The lowest BCUT2D eigenvalue weighted by atomic mass is 9.96. The Morgan fingerprint density at radius 1 is 1.38 bits per heavy atom. The van der Waals surface area contributed by atoms with Crippen molar-refractivity contribution in [1.82, 2.24) is 10.0 Å². The van der Waals surface area contributed by atoms with Gasteiger partial charge in [0.05, 0.1) is 4.90 Å². The van der Waals surface area contributed by atoms with Crippen molar-refractivity contribution < 1.29 is 12.8 Å². The number of sulfonamides is 1. The highest BCUT2D eigenvalue weighted by atomic mass is 35.5. The van der Waals surface area contributed by atoms with Gasteiger partial charge in [-0.3, -0.25) is 0 Å². The summed E-state index contributed by atoms with van der Waals surface area (Å²) in [6.45, 7) is 2.58. The molecule has 120 valence electrons. The minimum atomic E-state index is -3.44. The molecule has 1 aromatic rings. The summed E-state index contributed by atoms with van der Waals surface area (Å²) in [5, 5.41) is 3.07. The molecule has 0 aliphatic carbocycles. The summed E-state index contributed by atoms with van der Waals surface area (Å²) >= 11 is 0. The molecule has 0 saturated heterocycles. The fourth-order valence-corrected chi connectivity index (χ4v) is 3.43. The Labute approximate surface area is 132 Å². The van der Waals surface area contributed by atoms with Crippen molar-refractivity contribution in [2.24, 2.45) is 0 Å². The lowest BCUT2D eigenvalue weighted by Gasteiger charge is -2.24. The third-order valence-electron chi connectivity index (χ3n) is 3.54. The molecule has 0 spiro atoms. The van der Waals surface area contributed by atoms with Gasteiger partial charge in [0, 0.05) is 19.1 Å². The third-order valence-corrected chi connectivity index (χ3v) is 5.00. The van der Waals surface area contributed by atoms with Crippen LogP contribution in [0.4, 0.5) is 4.39 Å². The fourth-order valence-electron chi connectivity index (χ4n) is 2.30. The third kappa shape index (κ3) is 4.64. The molecule has 0 radical (unpaired) electrons. The van der Waals surface area contributed by atoms with Gasteiger partial charge < -0.3 is 5.32 Å². The Hall–Kier alpha value is -0.690. The molecule has 21 heavy (non-hydrogen) atoms. The van der Waals surface area contributed by atoms with Crippen LogP contribution in [0.1, 0.15) is 30.9 Å². The van der Waals surface area contributed by atoms with E-state index in [1.165, 1.54) is 0 Å². The molecule has 0 saturated carbocycles. The van der Waals surface area contributed by atoms with E-state index in [-0.39, 0.29) is 23.3 Å². The van der Waals surface area contributed by atoms with Gasteiger partial charge >= 0.3 is 0 Å². The Morgan fingerprint density at radius 2 is 2.14 bits per heavy atom. The Morgan fingerprint density at radius 3 is 2.81 bits per heavy atom. The summed E-state index contributed by atoms with van der Waals surface area (Å²) in [5.74, 6) is 0. The number of fused-ring (bicyclic) bond motifs is 1. The number of nitrogens with one attached hydrogen (secondary N) is 2.